The molecule has 188 valence electrons. The van der Waals surface area contributed by atoms with Crippen LogP contribution in [-0.2, 0) is 24.0 Å². The molecule has 4 rings (SSSR count). The number of fused-ring (bicyclic) bond motifs is 1. The van der Waals surface area contributed by atoms with Crippen molar-refractivity contribution in [3.8, 4) is 17.3 Å². The number of rotatable bonds is 7. The molecular weight excluding hydrogens is 486 g/mol. The average molecular weight is 520 g/mol. The number of aryl methyl sites for hydroxylation is 1. The second-order valence-electron chi connectivity index (χ2n) is 10.1. The first-order valence-corrected chi connectivity index (χ1v) is 14.2. The highest BCUT2D eigenvalue weighted by atomic mass is 32.1. The quantitative estimate of drug-likeness (QED) is 0.255. The lowest BCUT2D eigenvalue weighted by atomic mass is 9.72. The summed E-state index contributed by atoms with van der Waals surface area (Å²) in [5, 5.41) is 16.5. The SMILES string of the molecule is CCOC(=O)c1c(N/C=C(\C#N)c2nc(-c3ccc(CC)cc3)cs2)sc2c1CC[C@@H](C(C)(C)C)C2. The number of thiazole rings is 1. The zero-order valence-corrected chi connectivity index (χ0v) is 23.2. The maximum Gasteiger partial charge on any atom is 0.341 e. The number of nitrogens with zero attached hydrogens (tertiary/aromatic N) is 2. The van der Waals surface area contributed by atoms with Gasteiger partial charge in [0, 0.05) is 22.0 Å². The highest BCUT2D eigenvalue weighted by Gasteiger charge is 2.34. The lowest BCUT2D eigenvalue weighted by Crippen LogP contribution is -2.26. The van der Waals surface area contributed by atoms with Crippen molar-refractivity contribution in [1.82, 2.24) is 4.98 Å². The van der Waals surface area contributed by atoms with Gasteiger partial charge in [-0.25, -0.2) is 9.78 Å². The maximum atomic E-state index is 12.9. The summed E-state index contributed by atoms with van der Waals surface area (Å²) in [5.41, 5.74) is 5.53. The first-order chi connectivity index (χ1) is 17.2. The topological polar surface area (TPSA) is 75.0 Å². The van der Waals surface area contributed by atoms with E-state index >= 15 is 0 Å². The Hall–Kier alpha value is -2.95. The highest BCUT2D eigenvalue weighted by molar-refractivity contribution is 7.16. The number of thiophene rings is 1. The Labute approximate surface area is 221 Å². The van der Waals surface area contributed by atoms with E-state index < -0.39 is 0 Å². The molecule has 2 aromatic heterocycles. The summed E-state index contributed by atoms with van der Waals surface area (Å²) in [7, 11) is 0. The van der Waals surface area contributed by atoms with Gasteiger partial charge in [-0.1, -0.05) is 52.0 Å². The van der Waals surface area contributed by atoms with E-state index in [1.54, 1.807) is 17.5 Å². The minimum atomic E-state index is -0.300. The molecule has 1 aliphatic rings. The van der Waals surface area contributed by atoms with Gasteiger partial charge < -0.3 is 10.1 Å². The van der Waals surface area contributed by atoms with Crippen molar-refractivity contribution in [1.29, 1.82) is 5.26 Å². The molecule has 2 heterocycles. The van der Waals surface area contributed by atoms with Crippen molar-refractivity contribution in [3.63, 3.8) is 0 Å². The Morgan fingerprint density at radius 1 is 1.28 bits per heavy atom. The second-order valence-corrected chi connectivity index (χ2v) is 12.1. The van der Waals surface area contributed by atoms with Gasteiger partial charge in [0.1, 0.15) is 21.7 Å². The molecule has 1 aliphatic carbocycles. The van der Waals surface area contributed by atoms with Crippen molar-refractivity contribution in [2.45, 2.75) is 60.3 Å². The van der Waals surface area contributed by atoms with Crippen LogP contribution in [0.5, 0.6) is 0 Å². The number of ether oxygens (including phenoxy) is 1. The number of benzene rings is 1. The molecule has 0 amide bonds. The summed E-state index contributed by atoms with van der Waals surface area (Å²) in [4.78, 5) is 18.9. The zero-order valence-electron chi connectivity index (χ0n) is 21.6. The third kappa shape index (κ3) is 5.55. The van der Waals surface area contributed by atoms with Gasteiger partial charge in [0.2, 0.25) is 0 Å². The molecule has 7 heteroatoms. The minimum Gasteiger partial charge on any atom is -0.462 e. The molecule has 1 aromatic carbocycles. The number of anilines is 1. The molecule has 0 spiro atoms. The van der Waals surface area contributed by atoms with Crippen LogP contribution in [0.25, 0.3) is 16.8 Å². The van der Waals surface area contributed by atoms with Gasteiger partial charge in [-0.3, -0.25) is 0 Å². The standard InChI is InChI=1S/C29H33N3O2S2/c1-6-18-8-10-19(11-9-18)23-17-35-26(32-23)20(15-30)16-31-27-25(28(33)34-7-2)22-13-12-21(29(3,4)5)14-24(22)36-27/h8-11,16-17,21,31H,6-7,12-14H2,1-5H3/b20-16+/t21-/m1/s1. The number of nitriles is 1. The third-order valence-corrected chi connectivity index (χ3v) is 8.89. The number of carbonyl (C=O) groups is 1. The van der Waals surface area contributed by atoms with E-state index in [1.165, 1.54) is 21.8 Å². The molecule has 1 atom stereocenters. The Balaban J connectivity index is 1.62. The predicted octanol–water partition coefficient (Wildman–Crippen LogP) is 7.74. The summed E-state index contributed by atoms with van der Waals surface area (Å²) >= 11 is 3.05. The molecule has 0 bridgehead atoms. The van der Waals surface area contributed by atoms with Crippen LogP contribution in [0.2, 0.25) is 0 Å². The molecule has 0 saturated heterocycles. The van der Waals surface area contributed by atoms with Crippen LogP contribution < -0.4 is 5.32 Å². The largest absolute Gasteiger partial charge is 0.462 e. The first kappa shape index (κ1) is 26.1. The molecule has 5 nitrogen and oxygen atoms in total. The van der Waals surface area contributed by atoms with Gasteiger partial charge in [0.25, 0.3) is 0 Å². The Kier molecular flexibility index (Phi) is 7.97. The van der Waals surface area contributed by atoms with Gasteiger partial charge in [-0.05, 0) is 55.1 Å². The van der Waals surface area contributed by atoms with Crippen LogP contribution in [0.4, 0.5) is 5.00 Å². The highest BCUT2D eigenvalue weighted by Crippen LogP contribution is 2.44. The second kappa shape index (κ2) is 11.0. The van der Waals surface area contributed by atoms with Crippen molar-refractivity contribution in [2.75, 3.05) is 11.9 Å². The first-order valence-electron chi connectivity index (χ1n) is 12.5. The zero-order chi connectivity index (χ0) is 25.9. The van der Waals surface area contributed by atoms with Gasteiger partial charge >= 0.3 is 5.97 Å². The van der Waals surface area contributed by atoms with Crippen molar-refractivity contribution >= 4 is 39.2 Å². The minimum absolute atomic E-state index is 0.215. The molecule has 0 unspecified atom stereocenters. The van der Waals surface area contributed by atoms with Crippen molar-refractivity contribution in [2.24, 2.45) is 11.3 Å². The van der Waals surface area contributed by atoms with Gasteiger partial charge in [-0.15, -0.1) is 22.7 Å². The Bertz CT molecular complexity index is 1300. The fraction of sp³-hybridized carbons (Fsp3) is 0.414. The Morgan fingerprint density at radius 2 is 2.03 bits per heavy atom. The number of hydrogen-bond donors (Lipinski definition) is 1. The lowest BCUT2D eigenvalue weighted by molar-refractivity contribution is 0.0526. The summed E-state index contributed by atoms with van der Waals surface area (Å²) in [6.45, 7) is 11.1. The van der Waals surface area contributed by atoms with Crippen LogP contribution in [-0.4, -0.2) is 17.6 Å². The summed E-state index contributed by atoms with van der Waals surface area (Å²) in [5.74, 6) is 0.266. The Morgan fingerprint density at radius 3 is 2.67 bits per heavy atom. The molecule has 0 aliphatic heterocycles. The van der Waals surface area contributed by atoms with E-state index in [0.717, 1.165) is 47.5 Å². The molecular formula is C29H33N3O2S2. The molecule has 1 N–H and O–H groups in total. The number of nitrogens with one attached hydrogen (secondary N) is 1. The normalized spacial score (nSPS) is 15.8. The predicted molar refractivity (Wildman–Crippen MR) is 149 cm³/mol. The molecule has 0 radical (unpaired) electrons. The number of carbonyl (C=O) groups excluding carboxylic acids is 1. The molecule has 0 saturated carbocycles. The average Bonchev–Trinajstić information content (AvgIpc) is 3.49. The molecule has 0 fully saturated rings. The van der Waals surface area contributed by atoms with E-state index in [9.17, 15) is 10.1 Å². The van der Waals surface area contributed by atoms with Crippen LogP contribution in [0.15, 0.2) is 35.8 Å². The molecule has 36 heavy (non-hydrogen) atoms. The van der Waals surface area contributed by atoms with Crippen LogP contribution >= 0.6 is 22.7 Å². The monoisotopic (exact) mass is 519 g/mol. The van der Waals surface area contributed by atoms with Crippen LogP contribution in [0.1, 0.15) is 72.4 Å². The fourth-order valence-corrected chi connectivity index (χ4v) is 6.65. The number of aromatic nitrogens is 1. The summed E-state index contributed by atoms with van der Waals surface area (Å²) in [6.07, 6.45) is 5.54. The lowest BCUT2D eigenvalue weighted by Gasteiger charge is -2.33. The van der Waals surface area contributed by atoms with Crippen molar-refractivity contribution in [3.05, 3.63) is 62.4 Å². The van der Waals surface area contributed by atoms with E-state index in [1.807, 2.05) is 12.3 Å². The number of allylic oxidation sites excluding steroid dienone is 1. The number of hydrogen-bond acceptors (Lipinski definition) is 7. The van der Waals surface area contributed by atoms with E-state index in [-0.39, 0.29) is 11.4 Å². The summed E-state index contributed by atoms with van der Waals surface area (Å²) < 4.78 is 5.41. The van der Waals surface area contributed by atoms with E-state index in [4.69, 9.17) is 9.72 Å². The van der Waals surface area contributed by atoms with Crippen molar-refractivity contribution < 1.29 is 9.53 Å². The number of esters is 1. The van der Waals surface area contributed by atoms with Gasteiger partial charge in [-0.2, -0.15) is 5.26 Å². The van der Waals surface area contributed by atoms with Gasteiger partial charge in [0.05, 0.1) is 17.9 Å². The summed E-state index contributed by atoms with van der Waals surface area (Å²) in [6, 6.07) is 10.6. The van der Waals surface area contributed by atoms with E-state index in [0.29, 0.717) is 28.7 Å². The van der Waals surface area contributed by atoms with E-state index in [2.05, 4.69) is 63.3 Å². The third-order valence-electron chi connectivity index (χ3n) is 6.83. The molecule has 3 aromatic rings. The maximum absolute atomic E-state index is 12.9. The smallest absolute Gasteiger partial charge is 0.341 e. The van der Waals surface area contributed by atoms with Crippen LogP contribution in [0, 0.1) is 22.7 Å². The fourth-order valence-electron chi connectivity index (χ4n) is 4.57. The van der Waals surface area contributed by atoms with Crippen LogP contribution in [0.3, 0.4) is 0 Å². The van der Waals surface area contributed by atoms with Gasteiger partial charge in [0.15, 0.2) is 0 Å².